The van der Waals surface area contributed by atoms with Crippen molar-refractivity contribution < 1.29 is 23.1 Å². The number of aliphatic carboxylic acids is 1. The van der Waals surface area contributed by atoms with Crippen LogP contribution >= 0.6 is 0 Å². The maximum atomic E-state index is 12.4. The van der Waals surface area contributed by atoms with Crippen molar-refractivity contribution in [2.45, 2.75) is 51.2 Å². The molecule has 1 aliphatic carbocycles. The zero-order valence-corrected chi connectivity index (χ0v) is 13.4. The van der Waals surface area contributed by atoms with Crippen molar-refractivity contribution in [1.82, 2.24) is 9.03 Å². The second-order valence-electron chi connectivity index (χ2n) is 6.45. The van der Waals surface area contributed by atoms with Crippen LogP contribution in [0.2, 0.25) is 0 Å². The van der Waals surface area contributed by atoms with Crippen LogP contribution in [0.15, 0.2) is 0 Å². The highest BCUT2D eigenvalue weighted by Gasteiger charge is 2.36. The Morgan fingerprint density at radius 3 is 2.43 bits per heavy atom. The van der Waals surface area contributed by atoms with Gasteiger partial charge < -0.3 is 9.84 Å². The summed E-state index contributed by atoms with van der Waals surface area (Å²) in [5.74, 6) is -1.13. The van der Waals surface area contributed by atoms with Crippen LogP contribution in [0.5, 0.6) is 0 Å². The van der Waals surface area contributed by atoms with E-state index in [9.17, 15) is 13.2 Å². The van der Waals surface area contributed by atoms with E-state index in [1.165, 1.54) is 4.31 Å². The van der Waals surface area contributed by atoms with Crippen LogP contribution in [0.1, 0.15) is 39.5 Å². The molecule has 1 saturated carbocycles. The van der Waals surface area contributed by atoms with E-state index < -0.39 is 21.8 Å². The van der Waals surface area contributed by atoms with Gasteiger partial charge >= 0.3 is 5.97 Å². The number of rotatable bonds is 4. The summed E-state index contributed by atoms with van der Waals surface area (Å²) in [6.07, 6.45) is 2.20. The first-order valence-electron chi connectivity index (χ1n) is 7.34. The zero-order valence-electron chi connectivity index (χ0n) is 12.5. The predicted octanol–water partition coefficient (Wildman–Crippen LogP) is 0.575. The molecular formula is C13H24N2O5S. The van der Waals surface area contributed by atoms with Gasteiger partial charge in [-0.2, -0.15) is 17.4 Å². The van der Waals surface area contributed by atoms with E-state index in [1.54, 1.807) is 0 Å². The summed E-state index contributed by atoms with van der Waals surface area (Å²) in [5, 5.41) is 8.96. The average Bonchev–Trinajstić information content (AvgIpc) is 2.37. The van der Waals surface area contributed by atoms with Gasteiger partial charge in [-0.1, -0.05) is 0 Å². The van der Waals surface area contributed by atoms with Crippen LogP contribution in [0.3, 0.4) is 0 Å². The Labute approximate surface area is 125 Å². The summed E-state index contributed by atoms with van der Waals surface area (Å²) in [4.78, 5) is 10.9. The van der Waals surface area contributed by atoms with Crippen molar-refractivity contribution in [3.8, 4) is 0 Å². The summed E-state index contributed by atoms with van der Waals surface area (Å²) in [5.41, 5.74) is -0.478. The minimum Gasteiger partial charge on any atom is -0.481 e. The molecule has 2 aliphatic rings. The number of hydrogen-bond acceptors (Lipinski definition) is 4. The third-order valence-electron chi connectivity index (χ3n) is 4.12. The summed E-state index contributed by atoms with van der Waals surface area (Å²) >= 11 is 0. The van der Waals surface area contributed by atoms with Gasteiger partial charge in [-0.25, -0.2) is 0 Å². The summed E-state index contributed by atoms with van der Waals surface area (Å²) in [7, 11) is -3.54. The molecular weight excluding hydrogens is 296 g/mol. The van der Waals surface area contributed by atoms with Crippen molar-refractivity contribution in [1.29, 1.82) is 0 Å². The lowest BCUT2D eigenvalue weighted by Crippen LogP contribution is -2.55. The standard InChI is InChI=1S/C13H24N2O5S/c1-13(2)9-15(7-8-20-13)21(18,19)14-11-5-3-10(4-6-11)12(16)17/h10-11,14H,3-9H2,1-2H3,(H,16,17). The van der Waals surface area contributed by atoms with Crippen LogP contribution in [0.25, 0.3) is 0 Å². The number of nitrogens with one attached hydrogen (secondary N) is 1. The molecule has 0 unspecified atom stereocenters. The van der Waals surface area contributed by atoms with Crippen LogP contribution < -0.4 is 4.72 Å². The Kier molecular flexibility index (Phi) is 4.92. The molecule has 21 heavy (non-hydrogen) atoms. The van der Waals surface area contributed by atoms with Gasteiger partial charge in [0.2, 0.25) is 0 Å². The predicted molar refractivity (Wildman–Crippen MR) is 77.0 cm³/mol. The second kappa shape index (κ2) is 6.20. The minimum atomic E-state index is -3.54. The first-order chi connectivity index (χ1) is 9.70. The SMILES string of the molecule is CC1(C)CN(S(=O)(=O)NC2CCC(C(=O)O)CC2)CCO1. The fraction of sp³-hybridized carbons (Fsp3) is 0.923. The molecule has 1 saturated heterocycles. The number of ether oxygens (including phenoxy) is 1. The molecule has 0 bridgehead atoms. The quantitative estimate of drug-likeness (QED) is 0.790. The molecule has 0 amide bonds. The van der Waals surface area contributed by atoms with E-state index in [0.717, 1.165) is 0 Å². The maximum Gasteiger partial charge on any atom is 0.306 e. The van der Waals surface area contributed by atoms with E-state index in [-0.39, 0.29) is 12.0 Å². The van der Waals surface area contributed by atoms with E-state index in [4.69, 9.17) is 9.84 Å². The van der Waals surface area contributed by atoms with E-state index in [2.05, 4.69) is 4.72 Å². The monoisotopic (exact) mass is 320 g/mol. The largest absolute Gasteiger partial charge is 0.481 e. The summed E-state index contributed by atoms with van der Waals surface area (Å²) in [6, 6.07) is -0.170. The normalized spacial score (nSPS) is 31.0. The fourth-order valence-electron chi connectivity index (χ4n) is 2.92. The van der Waals surface area contributed by atoms with E-state index in [0.29, 0.717) is 45.4 Å². The highest BCUT2D eigenvalue weighted by molar-refractivity contribution is 7.87. The highest BCUT2D eigenvalue weighted by Crippen LogP contribution is 2.26. The molecule has 8 heteroatoms. The molecule has 7 nitrogen and oxygen atoms in total. The molecule has 0 aromatic heterocycles. The van der Waals surface area contributed by atoms with Gasteiger partial charge in [-0.05, 0) is 39.5 Å². The van der Waals surface area contributed by atoms with Crippen LogP contribution in [0.4, 0.5) is 0 Å². The van der Waals surface area contributed by atoms with Gasteiger partial charge in [-0.15, -0.1) is 0 Å². The second-order valence-corrected chi connectivity index (χ2v) is 8.15. The van der Waals surface area contributed by atoms with Crippen molar-refractivity contribution in [3.63, 3.8) is 0 Å². The number of morpholine rings is 1. The first kappa shape index (κ1) is 16.7. The third kappa shape index (κ3) is 4.38. The molecule has 122 valence electrons. The van der Waals surface area contributed by atoms with Crippen molar-refractivity contribution in [2.24, 2.45) is 5.92 Å². The van der Waals surface area contributed by atoms with E-state index >= 15 is 0 Å². The van der Waals surface area contributed by atoms with Gasteiger partial charge in [0, 0.05) is 19.1 Å². The minimum absolute atomic E-state index is 0.170. The molecule has 2 rings (SSSR count). The molecule has 0 aromatic rings. The highest BCUT2D eigenvalue weighted by atomic mass is 32.2. The van der Waals surface area contributed by atoms with Gasteiger partial charge in [0.25, 0.3) is 10.2 Å². The molecule has 0 aromatic carbocycles. The summed E-state index contributed by atoms with van der Waals surface area (Å²) < 4.78 is 34.5. The number of carboxylic acids is 1. The Bertz CT molecular complexity index is 483. The maximum absolute atomic E-state index is 12.4. The third-order valence-corrected chi connectivity index (χ3v) is 5.75. The lowest BCUT2D eigenvalue weighted by molar-refractivity contribution is -0.142. The lowest BCUT2D eigenvalue weighted by Gasteiger charge is -2.38. The molecule has 2 fully saturated rings. The van der Waals surface area contributed by atoms with Gasteiger partial charge in [-0.3, -0.25) is 4.79 Å². The lowest BCUT2D eigenvalue weighted by atomic mass is 9.87. The Morgan fingerprint density at radius 1 is 1.29 bits per heavy atom. The molecule has 2 N–H and O–H groups in total. The molecule has 0 spiro atoms. The Hall–Kier alpha value is -0.700. The van der Waals surface area contributed by atoms with Crippen molar-refractivity contribution >= 4 is 16.2 Å². The Morgan fingerprint density at radius 2 is 1.90 bits per heavy atom. The van der Waals surface area contributed by atoms with Gasteiger partial charge in [0.15, 0.2) is 0 Å². The molecule has 0 atom stereocenters. The number of carbonyl (C=O) groups is 1. The first-order valence-corrected chi connectivity index (χ1v) is 8.78. The molecule has 1 heterocycles. The van der Waals surface area contributed by atoms with Crippen LogP contribution in [0, 0.1) is 5.92 Å². The van der Waals surface area contributed by atoms with Crippen molar-refractivity contribution in [2.75, 3.05) is 19.7 Å². The molecule has 1 aliphatic heterocycles. The van der Waals surface area contributed by atoms with Crippen molar-refractivity contribution in [3.05, 3.63) is 0 Å². The van der Waals surface area contributed by atoms with Crippen LogP contribution in [-0.2, 0) is 19.7 Å². The average molecular weight is 320 g/mol. The molecule has 0 radical (unpaired) electrons. The number of nitrogens with zero attached hydrogens (tertiary/aromatic N) is 1. The topological polar surface area (TPSA) is 95.9 Å². The Balaban J connectivity index is 1.91. The summed E-state index contributed by atoms with van der Waals surface area (Å²) in [6.45, 7) is 4.80. The van der Waals surface area contributed by atoms with Crippen LogP contribution in [-0.4, -0.2) is 55.1 Å². The number of carboxylic acid groups (broad SMARTS) is 1. The smallest absolute Gasteiger partial charge is 0.306 e. The van der Waals surface area contributed by atoms with Gasteiger partial charge in [0.05, 0.1) is 18.1 Å². The van der Waals surface area contributed by atoms with Gasteiger partial charge in [0.1, 0.15) is 0 Å². The zero-order chi connectivity index (χ0) is 15.7. The van der Waals surface area contributed by atoms with E-state index in [1.807, 2.05) is 13.8 Å². The fourth-order valence-corrected chi connectivity index (χ4v) is 4.52. The number of hydrogen-bond donors (Lipinski definition) is 2.